The quantitative estimate of drug-likeness (QED) is 0.344. The average molecular weight is 236 g/mol. The second kappa shape index (κ2) is 5.59. The SMILES string of the molecule is C/C=C/C=C/C=C/C(=O)[C@@]1(O)C(=O)OC[C@@H]1C. The first-order valence-electron chi connectivity index (χ1n) is 5.43. The predicted octanol–water partition coefficient (Wildman–Crippen LogP) is 1.17. The average Bonchev–Trinajstić information content (AvgIpc) is 2.57. The van der Waals surface area contributed by atoms with E-state index in [2.05, 4.69) is 4.74 Å². The minimum Gasteiger partial charge on any atom is -0.463 e. The summed E-state index contributed by atoms with van der Waals surface area (Å²) in [7, 11) is 0. The Bertz CT molecular complexity index is 392. The third-order valence-corrected chi connectivity index (χ3v) is 2.64. The van der Waals surface area contributed by atoms with Gasteiger partial charge in [0.25, 0.3) is 0 Å². The van der Waals surface area contributed by atoms with Crippen LogP contribution in [0.15, 0.2) is 36.5 Å². The van der Waals surface area contributed by atoms with Gasteiger partial charge in [-0.15, -0.1) is 0 Å². The molecule has 0 aromatic heterocycles. The minimum atomic E-state index is -2.02. The molecule has 0 aromatic carbocycles. The molecule has 0 aromatic rings. The minimum absolute atomic E-state index is 0.0727. The number of esters is 1. The van der Waals surface area contributed by atoms with Gasteiger partial charge in [0, 0.05) is 5.92 Å². The number of ketones is 1. The molecule has 4 nitrogen and oxygen atoms in total. The van der Waals surface area contributed by atoms with E-state index in [1.807, 2.05) is 13.0 Å². The lowest BCUT2D eigenvalue weighted by atomic mass is 9.87. The van der Waals surface area contributed by atoms with Gasteiger partial charge in [-0.1, -0.05) is 37.3 Å². The second-order valence-corrected chi connectivity index (χ2v) is 3.90. The number of rotatable bonds is 4. The number of hydrogen-bond donors (Lipinski definition) is 1. The Morgan fingerprint density at radius 3 is 2.59 bits per heavy atom. The smallest absolute Gasteiger partial charge is 0.346 e. The largest absolute Gasteiger partial charge is 0.463 e. The van der Waals surface area contributed by atoms with Crippen LogP contribution >= 0.6 is 0 Å². The maximum absolute atomic E-state index is 11.7. The van der Waals surface area contributed by atoms with Gasteiger partial charge in [0.1, 0.15) is 0 Å². The van der Waals surface area contributed by atoms with Crippen LogP contribution in [0.3, 0.4) is 0 Å². The van der Waals surface area contributed by atoms with Gasteiger partial charge >= 0.3 is 5.97 Å². The highest BCUT2D eigenvalue weighted by molar-refractivity contribution is 6.13. The van der Waals surface area contributed by atoms with Crippen molar-refractivity contribution < 1.29 is 19.4 Å². The van der Waals surface area contributed by atoms with E-state index >= 15 is 0 Å². The van der Waals surface area contributed by atoms with E-state index in [0.29, 0.717) is 0 Å². The molecule has 1 N–H and O–H groups in total. The summed E-state index contributed by atoms with van der Waals surface area (Å²) in [6.07, 6.45) is 9.70. The van der Waals surface area contributed by atoms with Crippen LogP contribution < -0.4 is 0 Å². The van der Waals surface area contributed by atoms with E-state index in [1.54, 1.807) is 25.2 Å². The van der Waals surface area contributed by atoms with Gasteiger partial charge in [0.2, 0.25) is 5.60 Å². The first-order chi connectivity index (χ1) is 8.03. The highest BCUT2D eigenvalue weighted by Gasteiger charge is 2.53. The van der Waals surface area contributed by atoms with Gasteiger partial charge in [-0.05, 0) is 13.0 Å². The molecule has 0 amide bonds. The fourth-order valence-corrected chi connectivity index (χ4v) is 1.49. The van der Waals surface area contributed by atoms with Crippen molar-refractivity contribution in [3.05, 3.63) is 36.5 Å². The van der Waals surface area contributed by atoms with Crippen LogP contribution in [-0.4, -0.2) is 29.1 Å². The first-order valence-corrected chi connectivity index (χ1v) is 5.43. The van der Waals surface area contributed by atoms with Crippen molar-refractivity contribution in [2.45, 2.75) is 19.4 Å². The lowest BCUT2D eigenvalue weighted by molar-refractivity contribution is -0.159. The fourth-order valence-electron chi connectivity index (χ4n) is 1.49. The van der Waals surface area contributed by atoms with Crippen molar-refractivity contribution in [1.29, 1.82) is 0 Å². The van der Waals surface area contributed by atoms with Gasteiger partial charge in [-0.25, -0.2) is 4.79 Å². The number of ether oxygens (including phenoxy) is 1. The summed E-state index contributed by atoms with van der Waals surface area (Å²) in [6, 6.07) is 0. The predicted molar refractivity (Wildman–Crippen MR) is 63.2 cm³/mol. The molecule has 0 saturated carbocycles. The number of carbonyl (C=O) groups is 2. The van der Waals surface area contributed by atoms with E-state index in [9.17, 15) is 14.7 Å². The number of allylic oxidation sites excluding steroid dienone is 5. The molecule has 4 heteroatoms. The number of hydrogen-bond acceptors (Lipinski definition) is 4. The molecule has 0 spiro atoms. The molecule has 1 heterocycles. The standard InChI is InChI=1S/C13H16O4/c1-3-4-5-6-7-8-11(14)13(16)10(2)9-17-12(13)15/h3-8,10,16H,9H2,1-2H3/b4-3+,6-5+,8-7+/t10-,13+/m0/s1. The van der Waals surface area contributed by atoms with Crippen molar-refractivity contribution >= 4 is 11.8 Å². The number of aliphatic hydroxyl groups is 1. The van der Waals surface area contributed by atoms with Gasteiger partial charge in [-0.3, -0.25) is 4.79 Å². The zero-order valence-corrected chi connectivity index (χ0v) is 9.92. The zero-order valence-electron chi connectivity index (χ0n) is 9.92. The molecule has 1 aliphatic rings. The maximum Gasteiger partial charge on any atom is 0.346 e. The van der Waals surface area contributed by atoms with Crippen molar-refractivity contribution in [2.24, 2.45) is 5.92 Å². The molecule has 92 valence electrons. The Morgan fingerprint density at radius 2 is 2.06 bits per heavy atom. The number of carbonyl (C=O) groups excluding carboxylic acids is 2. The van der Waals surface area contributed by atoms with Crippen molar-refractivity contribution in [2.75, 3.05) is 6.61 Å². The molecule has 1 aliphatic heterocycles. The zero-order chi connectivity index (χ0) is 12.9. The monoisotopic (exact) mass is 236 g/mol. The molecule has 1 saturated heterocycles. The van der Waals surface area contributed by atoms with Crippen molar-refractivity contribution in [3.8, 4) is 0 Å². The Labute approximate surface area is 100 Å². The summed E-state index contributed by atoms with van der Waals surface area (Å²) in [6.45, 7) is 3.55. The van der Waals surface area contributed by atoms with E-state index in [1.165, 1.54) is 12.2 Å². The highest BCUT2D eigenvalue weighted by Crippen LogP contribution is 2.27. The summed E-state index contributed by atoms with van der Waals surface area (Å²) < 4.78 is 4.67. The fraction of sp³-hybridized carbons (Fsp3) is 0.385. The summed E-state index contributed by atoms with van der Waals surface area (Å²) in [5.41, 5.74) is -2.02. The molecule has 0 radical (unpaired) electrons. The summed E-state index contributed by atoms with van der Waals surface area (Å²) in [5, 5.41) is 9.99. The van der Waals surface area contributed by atoms with E-state index in [-0.39, 0.29) is 6.61 Å². The van der Waals surface area contributed by atoms with Crippen LogP contribution in [-0.2, 0) is 14.3 Å². The van der Waals surface area contributed by atoms with Crippen molar-refractivity contribution in [3.63, 3.8) is 0 Å². The molecule has 1 fully saturated rings. The lowest BCUT2D eigenvalue weighted by Gasteiger charge is -2.18. The molecule has 2 atom stereocenters. The molecule has 0 aliphatic carbocycles. The molecular weight excluding hydrogens is 220 g/mol. The van der Waals surface area contributed by atoms with Crippen LogP contribution in [0.25, 0.3) is 0 Å². The van der Waals surface area contributed by atoms with Gasteiger partial charge < -0.3 is 9.84 Å². The topological polar surface area (TPSA) is 63.6 Å². The van der Waals surface area contributed by atoms with Crippen LogP contribution in [0.2, 0.25) is 0 Å². The van der Waals surface area contributed by atoms with Crippen LogP contribution in [0.5, 0.6) is 0 Å². The third-order valence-electron chi connectivity index (χ3n) is 2.64. The van der Waals surface area contributed by atoms with E-state index < -0.39 is 23.3 Å². The summed E-state index contributed by atoms with van der Waals surface area (Å²) >= 11 is 0. The van der Waals surface area contributed by atoms with Gasteiger partial charge in [-0.2, -0.15) is 0 Å². The Hall–Kier alpha value is -1.68. The Kier molecular flexibility index (Phi) is 4.40. The van der Waals surface area contributed by atoms with Gasteiger partial charge in [0.15, 0.2) is 5.78 Å². The Balaban J connectivity index is 2.73. The summed E-state index contributed by atoms with van der Waals surface area (Å²) in [4.78, 5) is 23.1. The van der Waals surface area contributed by atoms with E-state index in [0.717, 1.165) is 0 Å². The molecule has 0 bridgehead atoms. The molecular formula is C13H16O4. The molecule has 1 rings (SSSR count). The molecule has 0 unspecified atom stereocenters. The molecule has 17 heavy (non-hydrogen) atoms. The summed E-state index contributed by atoms with van der Waals surface area (Å²) in [5.74, 6) is -2.03. The van der Waals surface area contributed by atoms with E-state index in [4.69, 9.17) is 0 Å². The van der Waals surface area contributed by atoms with Crippen LogP contribution in [0, 0.1) is 5.92 Å². The maximum atomic E-state index is 11.7. The lowest BCUT2D eigenvalue weighted by Crippen LogP contribution is -2.47. The Morgan fingerprint density at radius 1 is 1.41 bits per heavy atom. The third kappa shape index (κ3) is 2.71. The van der Waals surface area contributed by atoms with Gasteiger partial charge in [0.05, 0.1) is 6.61 Å². The second-order valence-electron chi connectivity index (χ2n) is 3.90. The highest BCUT2D eigenvalue weighted by atomic mass is 16.6. The first kappa shape index (κ1) is 13.4. The van der Waals surface area contributed by atoms with Crippen molar-refractivity contribution in [1.82, 2.24) is 0 Å². The normalized spacial score (nSPS) is 29.6. The number of cyclic esters (lactones) is 1. The van der Waals surface area contributed by atoms with Crippen LogP contribution in [0.4, 0.5) is 0 Å². The van der Waals surface area contributed by atoms with Crippen LogP contribution in [0.1, 0.15) is 13.8 Å².